The first-order chi connectivity index (χ1) is 22.1. The first-order valence-corrected chi connectivity index (χ1v) is 16.2. The Balaban J connectivity index is 1.38. The molecule has 4 aromatic rings. The van der Waals surface area contributed by atoms with E-state index in [9.17, 15) is 14.6 Å². The van der Waals surface area contributed by atoms with Gasteiger partial charge in [-0.25, -0.2) is 8.78 Å². The number of β-amino-alcohol motifs (C(OH)–C–C–N with tert-alkyl or cyclic N) is 1. The van der Waals surface area contributed by atoms with Crippen LogP contribution in [-0.2, 0) is 0 Å². The van der Waals surface area contributed by atoms with Gasteiger partial charge in [-0.2, -0.15) is 9.97 Å². The second-order valence-electron chi connectivity index (χ2n) is 13.4. The summed E-state index contributed by atoms with van der Waals surface area (Å²) in [6.07, 6.45) is 14.6. The Morgan fingerprint density at radius 2 is 1.91 bits per heavy atom. The van der Waals surface area contributed by atoms with E-state index in [4.69, 9.17) is 16.1 Å². The number of phenolic OH excluding ortho intramolecular Hbond substituents is 1. The average Bonchev–Trinajstić information content (AvgIpc) is 3.49. The van der Waals surface area contributed by atoms with Crippen LogP contribution in [-0.4, -0.2) is 75.0 Å². The van der Waals surface area contributed by atoms with Crippen molar-refractivity contribution in [2.45, 2.75) is 69.9 Å². The maximum Gasteiger partial charge on any atom is 0.319 e. The van der Waals surface area contributed by atoms with E-state index < -0.39 is 17.2 Å². The summed E-state index contributed by atoms with van der Waals surface area (Å²) >= 11 is 0. The van der Waals surface area contributed by atoms with Gasteiger partial charge in [-0.15, -0.1) is 6.42 Å². The third-order valence-electron chi connectivity index (χ3n) is 10.7. The van der Waals surface area contributed by atoms with Gasteiger partial charge in [0.15, 0.2) is 5.82 Å². The van der Waals surface area contributed by atoms with E-state index in [0.717, 1.165) is 45.1 Å². The van der Waals surface area contributed by atoms with Gasteiger partial charge in [-0.3, -0.25) is 4.98 Å². The molecule has 2 N–H and O–H groups in total. The first kappa shape index (κ1) is 30.6. The maximum absolute atomic E-state index is 16.8. The molecule has 4 heterocycles. The summed E-state index contributed by atoms with van der Waals surface area (Å²) in [7, 11) is 2.17. The lowest BCUT2D eigenvalue weighted by molar-refractivity contribution is 0.0131. The lowest BCUT2D eigenvalue weighted by Gasteiger charge is -2.44. The summed E-state index contributed by atoms with van der Waals surface area (Å²) in [6.45, 7) is 4.39. The van der Waals surface area contributed by atoms with Gasteiger partial charge >= 0.3 is 6.01 Å². The van der Waals surface area contributed by atoms with Gasteiger partial charge in [-0.05, 0) is 82.1 Å². The zero-order chi connectivity index (χ0) is 32.2. The molecule has 240 valence electrons. The summed E-state index contributed by atoms with van der Waals surface area (Å²) in [5, 5.41) is 22.9. The van der Waals surface area contributed by atoms with Crippen molar-refractivity contribution in [1.29, 1.82) is 0 Å². The third-order valence-corrected chi connectivity index (χ3v) is 10.7. The van der Waals surface area contributed by atoms with Gasteiger partial charge in [-0.1, -0.05) is 25.3 Å². The molecule has 7 rings (SSSR count). The number of rotatable bonds is 6. The zero-order valence-corrected chi connectivity index (χ0v) is 26.3. The topological polar surface area (TPSA) is 94.8 Å². The van der Waals surface area contributed by atoms with Crippen LogP contribution in [0.3, 0.4) is 0 Å². The molecule has 0 amide bonds. The number of hydrogen-bond donors (Lipinski definition) is 2. The fourth-order valence-electron chi connectivity index (χ4n) is 8.23. The van der Waals surface area contributed by atoms with Crippen molar-refractivity contribution in [3.05, 3.63) is 47.7 Å². The number of pyridine rings is 1. The molecule has 2 aromatic carbocycles. The molecule has 0 unspecified atom stereocenters. The van der Waals surface area contributed by atoms with E-state index in [1.165, 1.54) is 30.5 Å². The molecular weight excluding hydrogens is 588 g/mol. The van der Waals surface area contributed by atoms with Crippen LogP contribution >= 0.6 is 0 Å². The summed E-state index contributed by atoms with van der Waals surface area (Å²) in [5.41, 5.74) is -0.944. The molecule has 2 aliphatic heterocycles. The molecule has 0 bridgehead atoms. The quantitative estimate of drug-likeness (QED) is 0.244. The van der Waals surface area contributed by atoms with Gasteiger partial charge in [0.2, 0.25) is 0 Å². The number of piperidine rings is 2. The van der Waals surface area contributed by atoms with Crippen molar-refractivity contribution in [3.8, 4) is 35.4 Å². The van der Waals surface area contributed by atoms with Crippen molar-refractivity contribution >= 4 is 27.5 Å². The number of halogens is 2. The van der Waals surface area contributed by atoms with Crippen molar-refractivity contribution < 1.29 is 23.7 Å². The highest BCUT2D eigenvalue weighted by molar-refractivity contribution is 6.03. The highest BCUT2D eigenvalue weighted by Crippen LogP contribution is 2.48. The van der Waals surface area contributed by atoms with Crippen molar-refractivity contribution in [2.24, 2.45) is 5.41 Å². The first-order valence-electron chi connectivity index (χ1n) is 16.2. The Kier molecular flexibility index (Phi) is 7.73. The minimum Gasteiger partial charge on any atom is -0.508 e. The number of phenols is 1. The molecule has 1 saturated carbocycles. The number of anilines is 1. The van der Waals surface area contributed by atoms with E-state index in [1.807, 2.05) is 11.8 Å². The number of terminal acetylenes is 1. The number of nitrogens with zero attached hydrogens (tertiary/aromatic N) is 5. The monoisotopic (exact) mass is 627 g/mol. The molecule has 1 aliphatic carbocycles. The molecule has 46 heavy (non-hydrogen) atoms. The van der Waals surface area contributed by atoms with Crippen molar-refractivity contribution in [3.63, 3.8) is 0 Å². The van der Waals surface area contributed by atoms with Crippen LogP contribution in [0.1, 0.15) is 63.9 Å². The van der Waals surface area contributed by atoms with Crippen LogP contribution in [0.2, 0.25) is 0 Å². The van der Waals surface area contributed by atoms with Gasteiger partial charge in [0.05, 0.1) is 23.2 Å². The molecule has 0 spiro atoms. The highest BCUT2D eigenvalue weighted by atomic mass is 19.1. The smallest absolute Gasteiger partial charge is 0.319 e. The van der Waals surface area contributed by atoms with Crippen molar-refractivity contribution in [2.75, 3.05) is 38.2 Å². The van der Waals surface area contributed by atoms with Crippen LogP contribution in [0.4, 0.5) is 14.6 Å². The Bertz CT molecular complexity index is 1880. The number of ether oxygens (including phenoxy) is 1. The van der Waals surface area contributed by atoms with Crippen LogP contribution in [0.25, 0.3) is 32.9 Å². The predicted molar refractivity (Wildman–Crippen MR) is 174 cm³/mol. The summed E-state index contributed by atoms with van der Waals surface area (Å²) in [6, 6.07) is 5.98. The second-order valence-corrected chi connectivity index (χ2v) is 13.4. The molecule has 10 heteroatoms. The predicted octanol–water partition coefficient (Wildman–Crippen LogP) is 6.19. The summed E-state index contributed by atoms with van der Waals surface area (Å²) in [5.74, 6) is 1.30. The van der Waals surface area contributed by atoms with Crippen LogP contribution < -0.4 is 9.64 Å². The van der Waals surface area contributed by atoms with Gasteiger partial charge < -0.3 is 24.7 Å². The lowest BCUT2D eigenvalue weighted by Crippen LogP contribution is -2.50. The molecule has 0 radical (unpaired) electrons. The Morgan fingerprint density at radius 1 is 1.11 bits per heavy atom. The minimum atomic E-state index is -0.901. The van der Waals surface area contributed by atoms with Crippen LogP contribution in [0.5, 0.6) is 11.8 Å². The number of fused-ring (bicyclic) bond motifs is 3. The highest BCUT2D eigenvalue weighted by Gasteiger charge is 2.47. The Morgan fingerprint density at radius 3 is 2.72 bits per heavy atom. The fraction of sp³-hybridized carbons (Fsp3) is 0.472. The van der Waals surface area contributed by atoms with Crippen molar-refractivity contribution in [1.82, 2.24) is 19.9 Å². The van der Waals surface area contributed by atoms with Gasteiger partial charge in [0.1, 0.15) is 28.6 Å². The standard InChI is InChI=1S/C36H39F2N5O3/c1-4-24-27(37)11-10-22-17-23(44)18-25(29(22)24)31-30(38)32-26(19-39-31)33(43-16-8-14-36(45,5-2)20-43)41-34(40-32)46-21-35-12-6-9-28(35)42(3)15-7-13-35/h1,10-11,17-19,28,44-45H,5-9,12-16,20-21H2,2-3H3/t28-,35-,36+/m1/s1. The molecule has 3 atom stereocenters. The van der Waals surface area contributed by atoms with Gasteiger partial charge in [0, 0.05) is 41.7 Å². The number of aliphatic hydroxyl groups is 1. The minimum absolute atomic E-state index is 0.00741. The molecule has 8 nitrogen and oxygen atoms in total. The number of aromatic nitrogens is 3. The molecule has 2 saturated heterocycles. The largest absolute Gasteiger partial charge is 0.508 e. The number of aromatic hydroxyl groups is 1. The molecule has 3 fully saturated rings. The molecular formula is C36H39F2N5O3. The molecule has 3 aliphatic rings. The van der Waals surface area contributed by atoms with E-state index >= 15 is 4.39 Å². The normalized spacial score (nSPS) is 25.1. The third kappa shape index (κ3) is 5.10. The summed E-state index contributed by atoms with van der Waals surface area (Å²) < 4.78 is 38.1. The van der Waals surface area contributed by atoms with E-state index in [0.29, 0.717) is 55.2 Å². The SMILES string of the molecule is C#Cc1c(F)ccc2cc(O)cc(-c3ncc4c(N5CCC[C@@](O)(CC)C5)nc(OC[C@]56CCC[C@H]5N(C)CCC6)nc4c3F)c12. The molecule has 2 aromatic heterocycles. The fourth-order valence-corrected chi connectivity index (χ4v) is 8.23. The number of hydrogen-bond acceptors (Lipinski definition) is 8. The van der Waals surface area contributed by atoms with E-state index in [1.54, 1.807) is 0 Å². The van der Waals surface area contributed by atoms with Gasteiger partial charge in [0.25, 0.3) is 0 Å². The zero-order valence-electron chi connectivity index (χ0n) is 26.3. The second kappa shape index (κ2) is 11.6. The summed E-state index contributed by atoms with van der Waals surface area (Å²) in [4.78, 5) is 18.3. The van der Waals surface area contributed by atoms with E-state index in [2.05, 4.69) is 27.8 Å². The van der Waals surface area contributed by atoms with E-state index in [-0.39, 0.29) is 44.9 Å². The maximum atomic E-state index is 16.8. The van der Waals surface area contributed by atoms with Crippen LogP contribution in [0.15, 0.2) is 30.5 Å². The number of likely N-dealkylation sites (tertiary alicyclic amines) is 1. The Hall–Kier alpha value is -4.07. The number of benzene rings is 2. The average molecular weight is 628 g/mol. The lowest BCUT2D eigenvalue weighted by atomic mass is 9.76. The van der Waals surface area contributed by atoms with Crippen LogP contribution in [0, 0.1) is 29.4 Å². The Labute approximate surface area is 267 Å².